The summed E-state index contributed by atoms with van der Waals surface area (Å²) in [7, 11) is 0. The molecule has 1 aromatic rings. The van der Waals surface area contributed by atoms with Gasteiger partial charge in [0.25, 0.3) is 5.91 Å². The lowest BCUT2D eigenvalue weighted by Crippen LogP contribution is -2.45. The zero-order chi connectivity index (χ0) is 14.5. The second-order valence-corrected chi connectivity index (χ2v) is 5.81. The third-order valence-electron chi connectivity index (χ3n) is 3.30. The highest BCUT2D eigenvalue weighted by atomic mass is 79.9. The standard InChI is InChI=1S/C14H20BrFN2O/c1-4-6-7-14(3,5-2)18-13(19)12-11(15)8-10(16)9-17-12/h8-9H,4-7H2,1-3H3,(H,18,19)/t14-/m0/s1. The SMILES string of the molecule is CCCC[C@](C)(CC)NC(=O)c1ncc(F)cc1Br. The van der Waals surface area contributed by atoms with Crippen LogP contribution in [0.4, 0.5) is 4.39 Å². The number of hydrogen-bond donors (Lipinski definition) is 1. The molecule has 0 unspecified atom stereocenters. The monoisotopic (exact) mass is 330 g/mol. The first kappa shape index (κ1) is 16.1. The number of hydrogen-bond acceptors (Lipinski definition) is 2. The molecule has 0 saturated carbocycles. The molecule has 0 aliphatic heterocycles. The Morgan fingerprint density at radius 3 is 2.74 bits per heavy atom. The molecule has 1 rings (SSSR count). The van der Waals surface area contributed by atoms with E-state index in [1.807, 2.05) is 13.8 Å². The highest BCUT2D eigenvalue weighted by Gasteiger charge is 2.25. The molecular weight excluding hydrogens is 311 g/mol. The lowest BCUT2D eigenvalue weighted by Gasteiger charge is -2.29. The van der Waals surface area contributed by atoms with Gasteiger partial charge in [0.2, 0.25) is 0 Å². The Hall–Kier alpha value is -0.970. The fourth-order valence-corrected chi connectivity index (χ4v) is 2.31. The van der Waals surface area contributed by atoms with E-state index in [1.165, 1.54) is 6.07 Å². The molecule has 0 aliphatic rings. The lowest BCUT2D eigenvalue weighted by atomic mass is 9.92. The summed E-state index contributed by atoms with van der Waals surface area (Å²) in [5, 5.41) is 3.00. The van der Waals surface area contributed by atoms with Crippen LogP contribution < -0.4 is 5.32 Å². The Morgan fingerprint density at radius 1 is 1.53 bits per heavy atom. The fraction of sp³-hybridized carbons (Fsp3) is 0.571. The molecule has 1 aromatic heterocycles. The number of amides is 1. The third-order valence-corrected chi connectivity index (χ3v) is 3.91. The van der Waals surface area contributed by atoms with E-state index >= 15 is 0 Å². The van der Waals surface area contributed by atoms with Crippen molar-refractivity contribution in [2.75, 3.05) is 0 Å². The van der Waals surface area contributed by atoms with Gasteiger partial charge < -0.3 is 5.32 Å². The molecule has 0 aromatic carbocycles. The van der Waals surface area contributed by atoms with Gasteiger partial charge in [0.05, 0.1) is 10.7 Å². The molecule has 19 heavy (non-hydrogen) atoms. The van der Waals surface area contributed by atoms with Gasteiger partial charge in [-0.2, -0.15) is 0 Å². The van der Waals surface area contributed by atoms with Crippen LogP contribution in [-0.4, -0.2) is 16.4 Å². The van der Waals surface area contributed by atoms with Gasteiger partial charge >= 0.3 is 0 Å². The van der Waals surface area contributed by atoms with E-state index < -0.39 is 5.82 Å². The number of halogens is 2. The van der Waals surface area contributed by atoms with E-state index in [-0.39, 0.29) is 17.1 Å². The van der Waals surface area contributed by atoms with Crippen molar-refractivity contribution in [2.45, 2.75) is 52.0 Å². The van der Waals surface area contributed by atoms with Crippen LogP contribution in [0.25, 0.3) is 0 Å². The number of nitrogens with one attached hydrogen (secondary N) is 1. The second-order valence-electron chi connectivity index (χ2n) is 4.96. The van der Waals surface area contributed by atoms with Crippen LogP contribution in [0.1, 0.15) is 56.9 Å². The van der Waals surface area contributed by atoms with Crippen LogP contribution >= 0.6 is 15.9 Å². The largest absolute Gasteiger partial charge is 0.346 e. The van der Waals surface area contributed by atoms with Crippen LogP contribution in [-0.2, 0) is 0 Å². The number of aromatic nitrogens is 1. The molecule has 1 heterocycles. The maximum absolute atomic E-state index is 13.0. The van der Waals surface area contributed by atoms with Gasteiger partial charge in [-0.3, -0.25) is 4.79 Å². The van der Waals surface area contributed by atoms with Crippen molar-refractivity contribution >= 4 is 21.8 Å². The van der Waals surface area contributed by atoms with Crippen molar-refractivity contribution in [3.8, 4) is 0 Å². The molecule has 1 amide bonds. The van der Waals surface area contributed by atoms with Gasteiger partial charge in [-0.15, -0.1) is 0 Å². The van der Waals surface area contributed by atoms with Crippen molar-refractivity contribution < 1.29 is 9.18 Å². The average Bonchev–Trinajstić information content (AvgIpc) is 2.36. The molecule has 3 nitrogen and oxygen atoms in total. The molecule has 1 N–H and O–H groups in total. The summed E-state index contributed by atoms with van der Waals surface area (Å²) in [6.07, 6.45) is 4.96. The maximum atomic E-state index is 13.0. The molecule has 1 atom stereocenters. The van der Waals surface area contributed by atoms with E-state index in [2.05, 4.69) is 33.2 Å². The second kappa shape index (κ2) is 6.98. The number of rotatable bonds is 6. The van der Waals surface area contributed by atoms with Gasteiger partial charge in [0.15, 0.2) is 0 Å². The van der Waals surface area contributed by atoms with Gasteiger partial charge in [-0.25, -0.2) is 9.37 Å². The van der Waals surface area contributed by atoms with Crippen LogP contribution in [0.5, 0.6) is 0 Å². The molecule has 0 radical (unpaired) electrons. The van der Waals surface area contributed by atoms with Crippen molar-refractivity contribution in [2.24, 2.45) is 0 Å². The summed E-state index contributed by atoms with van der Waals surface area (Å²) < 4.78 is 13.3. The highest BCUT2D eigenvalue weighted by Crippen LogP contribution is 2.21. The molecule has 106 valence electrons. The highest BCUT2D eigenvalue weighted by molar-refractivity contribution is 9.10. The zero-order valence-corrected chi connectivity index (χ0v) is 13.2. The first-order chi connectivity index (χ1) is 8.91. The average molecular weight is 331 g/mol. The minimum Gasteiger partial charge on any atom is -0.346 e. The Morgan fingerprint density at radius 2 is 2.21 bits per heavy atom. The lowest BCUT2D eigenvalue weighted by molar-refractivity contribution is 0.0891. The summed E-state index contributed by atoms with van der Waals surface area (Å²) in [4.78, 5) is 16.0. The van der Waals surface area contributed by atoms with E-state index in [0.717, 1.165) is 31.9 Å². The van der Waals surface area contributed by atoms with Crippen molar-refractivity contribution in [1.82, 2.24) is 10.3 Å². The van der Waals surface area contributed by atoms with Crippen molar-refractivity contribution in [3.63, 3.8) is 0 Å². The van der Waals surface area contributed by atoms with Gasteiger partial charge in [-0.05, 0) is 41.8 Å². The van der Waals surface area contributed by atoms with E-state index in [4.69, 9.17) is 0 Å². The van der Waals surface area contributed by atoms with Crippen molar-refractivity contribution in [1.29, 1.82) is 0 Å². The predicted octanol–water partition coefficient (Wildman–Crippen LogP) is 4.07. The summed E-state index contributed by atoms with van der Waals surface area (Å²) in [5.74, 6) is -0.736. The smallest absolute Gasteiger partial charge is 0.271 e. The fourth-order valence-electron chi connectivity index (χ4n) is 1.81. The van der Waals surface area contributed by atoms with Gasteiger partial charge in [0, 0.05) is 5.54 Å². The molecule has 0 spiro atoms. The maximum Gasteiger partial charge on any atom is 0.271 e. The van der Waals surface area contributed by atoms with E-state index in [9.17, 15) is 9.18 Å². The summed E-state index contributed by atoms with van der Waals surface area (Å²) in [5.41, 5.74) is -0.0274. The Labute approximate surface area is 122 Å². The van der Waals surface area contributed by atoms with Crippen LogP contribution in [0, 0.1) is 5.82 Å². The summed E-state index contributed by atoms with van der Waals surface area (Å²) >= 11 is 3.17. The summed E-state index contributed by atoms with van der Waals surface area (Å²) in [6, 6.07) is 1.25. The molecular formula is C14H20BrFN2O. The Bertz CT molecular complexity index is 453. The first-order valence-corrected chi connectivity index (χ1v) is 7.34. The molecule has 5 heteroatoms. The van der Waals surface area contributed by atoms with Crippen molar-refractivity contribution in [3.05, 3.63) is 28.2 Å². The number of carbonyl (C=O) groups excluding carboxylic acids is 1. The predicted molar refractivity (Wildman–Crippen MR) is 77.6 cm³/mol. The molecule has 0 aliphatic carbocycles. The quantitative estimate of drug-likeness (QED) is 0.854. The molecule has 0 saturated heterocycles. The Balaban J connectivity index is 2.82. The Kier molecular flexibility index (Phi) is 5.91. The number of pyridine rings is 1. The van der Waals surface area contributed by atoms with E-state index in [1.54, 1.807) is 0 Å². The normalized spacial score (nSPS) is 13.9. The van der Waals surface area contributed by atoms with E-state index in [0.29, 0.717) is 4.47 Å². The molecule has 0 fully saturated rings. The number of unbranched alkanes of at least 4 members (excludes halogenated alkanes) is 1. The summed E-state index contributed by atoms with van der Waals surface area (Å²) in [6.45, 7) is 6.19. The minimum atomic E-state index is -0.465. The number of carbonyl (C=O) groups is 1. The van der Waals surface area contributed by atoms with Crippen LogP contribution in [0.3, 0.4) is 0 Å². The first-order valence-electron chi connectivity index (χ1n) is 6.55. The van der Waals surface area contributed by atoms with Crippen LogP contribution in [0.2, 0.25) is 0 Å². The zero-order valence-electron chi connectivity index (χ0n) is 11.6. The van der Waals surface area contributed by atoms with Crippen LogP contribution in [0.15, 0.2) is 16.7 Å². The topological polar surface area (TPSA) is 42.0 Å². The van der Waals surface area contributed by atoms with Gasteiger partial charge in [0.1, 0.15) is 11.5 Å². The molecule has 0 bridgehead atoms. The minimum absolute atomic E-state index is 0.220. The third kappa shape index (κ3) is 4.56. The van der Waals surface area contributed by atoms with Gasteiger partial charge in [-0.1, -0.05) is 26.7 Å². The number of nitrogens with zero attached hydrogens (tertiary/aromatic N) is 1.